The van der Waals surface area contributed by atoms with Gasteiger partial charge >= 0.3 is 5.97 Å². The Hall–Kier alpha value is -1.75. The van der Waals surface area contributed by atoms with E-state index >= 15 is 0 Å². The number of hydrogen-bond donors (Lipinski definition) is 2. The van der Waals surface area contributed by atoms with E-state index in [4.69, 9.17) is 14.6 Å². The quantitative estimate of drug-likeness (QED) is 0.865. The van der Waals surface area contributed by atoms with Gasteiger partial charge in [0.15, 0.2) is 11.5 Å². The van der Waals surface area contributed by atoms with E-state index in [2.05, 4.69) is 5.32 Å². The van der Waals surface area contributed by atoms with Crippen LogP contribution in [-0.4, -0.2) is 24.9 Å². The molecule has 5 heteroatoms. The number of carbonyl (C=O) groups is 1. The SMILES string of the molecule is CNC(c1cc2c(cc1C)OCO2)C1CC1C(=O)O. The van der Waals surface area contributed by atoms with Crippen LogP contribution in [0.5, 0.6) is 11.5 Å². The van der Waals surface area contributed by atoms with Crippen LogP contribution in [0.1, 0.15) is 23.6 Å². The zero-order valence-corrected chi connectivity index (χ0v) is 11.0. The molecule has 1 aliphatic carbocycles. The minimum Gasteiger partial charge on any atom is -0.481 e. The Bertz CT molecular complexity index is 528. The molecule has 3 unspecified atom stereocenters. The maximum absolute atomic E-state index is 11.0. The predicted octanol–water partition coefficient (Wildman–Crippen LogP) is 1.70. The van der Waals surface area contributed by atoms with Crippen molar-refractivity contribution in [2.45, 2.75) is 19.4 Å². The molecule has 0 spiro atoms. The average molecular weight is 263 g/mol. The number of benzene rings is 1. The first-order valence-electron chi connectivity index (χ1n) is 6.42. The summed E-state index contributed by atoms with van der Waals surface area (Å²) in [4.78, 5) is 11.0. The normalized spacial score (nSPS) is 25.2. The van der Waals surface area contributed by atoms with E-state index in [1.165, 1.54) is 0 Å². The van der Waals surface area contributed by atoms with Crippen molar-refractivity contribution in [1.29, 1.82) is 0 Å². The molecule has 1 saturated carbocycles. The van der Waals surface area contributed by atoms with Gasteiger partial charge in [-0.05, 0) is 49.6 Å². The lowest BCUT2D eigenvalue weighted by atomic mass is 9.96. The second-order valence-electron chi connectivity index (χ2n) is 5.17. The van der Waals surface area contributed by atoms with Gasteiger partial charge in [-0.15, -0.1) is 0 Å². The van der Waals surface area contributed by atoms with Gasteiger partial charge < -0.3 is 19.9 Å². The highest BCUT2D eigenvalue weighted by molar-refractivity contribution is 5.73. The molecule has 1 aromatic carbocycles. The minimum atomic E-state index is -0.705. The van der Waals surface area contributed by atoms with Crippen LogP contribution < -0.4 is 14.8 Å². The van der Waals surface area contributed by atoms with Crippen LogP contribution in [-0.2, 0) is 4.79 Å². The molecule has 2 aliphatic rings. The second kappa shape index (κ2) is 4.42. The molecule has 0 aromatic heterocycles. The second-order valence-corrected chi connectivity index (χ2v) is 5.17. The fraction of sp³-hybridized carbons (Fsp3) is 0.500. The molecule has 3 atom stereocenters. The van der Waals surface area contributed by atoms with Gasteiger partial charge in [-0.25, -0.2) is 0 Å². The maximum atomic E-state index is 11.0. The highest BCUT2D eigenvalue weighted by atomic mass is 16.7. The Morgan fingerprint density at radius 1 is 1.42 bits per heavy atom. The van der Waals surface area contributed by atoms with Gasteiger partial charge in [0.05, 0.1) is 5.92 Å². The molecule has 1 fully saturated rings. The summed E-state index contributed by atoms with van der Waals surface area (Å²) in [6.45, 7) is 2.27. The molecule has 2 N–H and O–H groups in total. The molecular weight excluding hydrogens is 246 g/mol. The van der Waals surface area contributed by atoms with Gasteiger partial charge in [-0.1, -0.05) is 0 Å². The Labute approximate surface area is 111 Å². The number of carboxylic acids is 1. The van der Waals surface area contributed by atoms with E-state index < -0.39 is 5.97 Å². The lowest BCUT2D eigenvalue weighted by Crippen LogP contribution is -2.21. The number of hydrogen-bond acceptors (Lipinski definition) is 4. The summed E-state index contributed by atoms with van der Waals surface area (Å²) in [5.41, 5.74) is 2.19. The fourth-order valence-corrected chi connectivity index (χ4v) is 2.86. The molecule has 1 heterocycles. The van der Waals surface area contributed by atoms with E-state index in [0.29, 0.717) is 0 Å². The van der Waals surface area contributed by atoms with E-state index in [0.717, 1.165) is 29.0 Å². The number of ether oxygens (including phenoxy) is 2. The summed E-state index contributed by atoms with van der Waals surface area (Å²) in [5, 5.41) is 12.3. The van der Waals surface area contributed by atoms with Gasteiger partial charge in [-0.3, -0.25) is 4.79 Å². The van der Waals surface area contributed by atoms with Crippen molar-refractivity contribution in [2.24, 2.45) is 11.8 Å². The monoisotopic (exact) mass is 263 g/mol. The Balaban J connectivity index is 1.90. The molecule has 0 amide bonds. The third-order valence-corrected chi connectivity index (χ3v) is 3.99. The molecule has 0 radical (unpaired) electrons. The van der Waals surface area contributed by atoms with Gasteiger partial charge in [-0.2, -0.15) is 0 Å². The highest BCUT2D eigenvalue weighted by Crippen LogP contribution is 2.49. The van der Waals surface area contributed by atoms with Gasteiger partial charge in [0.25, 0.3) is 0 Å². The predicted molar refractivity (Wildman–Crippen MR) is 68.3 cm³/mol. The molecule has 0 saturated heterocycles. The standard InChI is InChI=1S/C14H17NO4/c1-7-3-11-12(19-6-18-11)5-8(7)13(15-2)9-4-10(9)14(16)17/h3,5,9-10,13,15H,4,6H2,1-2H3,(H,16,17). The Morgan fingerprint density at radius 2 is 2.11 bits per heavy atom. The molecule has 3 rings (SSSR count). The molecule has 102 valence electrons. The Morgan fingerprint density at radius 3 is 2.68 bits per heavy atom. The maximum Gasteiger partial charge on any atom is 0.306 e. The number of carboxylic acid groups (broad SMARTS) is 1. The van der Waals surface area contributed by atoms with Crippen LogP contribution in [0.4, 0.5) is 0 Å². The summed E-state index contributed by atoms with van der Waals surface area (Å²) in [5.74, 6) is 0.725. The molecule has 1 aliphatic heterocycles. The van der Waals surface area contributed by atoms with Gasteiger partial charge in [0, 0.05) is 6.04 Å². The minimum absolute atomic E-state index is 0.0515. The van der Waals surface area contributed by atoms with Crippen LogP contribution in [0.15, 0.2) is 12.1 Å². The van der Waals surface area contributed by atoms with Crippen LogP contribution in [0, 0.1) is 18.8 Å². The van der Waals surface area contributed by atoms with Gasteiger partial charge in [0.1, 0.15) is 0 Å². The van der Waals surface area contributed by atoms with E-state index in [1.54, 1.807) is 0 Å². The summed E-state index contributed by atoms with van der Waals surface area (Å²) in [6.07, 6.45) is 0.731. The smallest absolute Gasteiger partial charge is 0.306 e. The van der Waals surface area contributed by atoms with E-state index in [9.17, 15) is 4.79 Å². The van der Waals surface area contributed by atoms with Crippen LogP contribution >= 0.6 is 0 Å². The number of fused-ring (bicyclic) bond motifs is 1. The van der Waals surface area contributed by atoms with Crippen LogP contribution in [0.25, 0.3) is 0 Å². The van der Waals surface area contributed by atoms with Crippen molar-refractivity contribution >= 4 is 5.97 Å². The molecule has 5 nitrogen and oxygen atoms in total. The third-order valence-electron chi connectivity index (χ3n) is 3.99. The topological polar surface area (TPSA) is 67.8 Å². The van der Waals surface area contributed by atoms with Crippen molar-refractivity contribution < 1.29 is 19.4 Å². The number of aliphatic carboxylic acids is 1. The number of rotatable bonds is 4. The van der Waals surface area contributed by atoms with Crippen molar-refractivity contribution in [3.8, 4) is 11.5 Å². The average Bonchev–Trinajstić information content (AvgIpc) is 3.03. The number of nitrogens with one attached hydrogen (secondary N) is 1. The van der Waals surface area contributed by atoms with E-state index in [-0.39, 0.29) is 24.7 Å². The van der Waals surface area contributed by atoms with Crippen molar-refractivity contribution in [3.05, 3.63) is 23.3 Å². The van der Waals surface area contributed by atoms with E-state index in [1.807, 2.05) is 26.1 Å². The molecule has 0 bridgehead atoms. The third kappa shape index (κ3) is 2.04. The molecule has 19 heavy (non-hydrogen) atoms. The summed E-state index contributed by atoms with van der Waals surface area (Å²) in [7, 11) is 1.87. The lowest BCUT2D eigenvalue weighted by Gasteiger charge is -2.19. The highest BCUT2D eigenvalue weighted by Gasteiger charge is 2.48. The zero-order chi connectivity index (χ0) is 13.6. The molecular formula is C14H17NO4. The zero-order valence-electron chi connectivity index (χ0n) is 11.0. The number of aryl methyl sites for hydroxylation is 1. The largest absolute Gasteiger partial charge is 0.481 e. The van der Waals surface area contributed by atoms with Crippen molar-refractivity contribution in [3.63, 3.8) is 0 Å². The van der Waals surface area contributed by atoms with Crippen LogP contribution in [0.2, 0.25) is 0 Å². The summed E-state index contributed by atoms with van der Waals surface area (Å²) in [6, 6.07) is 3.98. The fourth-order valence-electron chi connectivity index (χ4n) is 2.86. The summed E-state index contributed by atoms with van der Waals surface area (Å²) < 4.78 is 10.7. The lowest BCUT2D eigenvalue weighted by molar-refractivity contribution is -0.138. The van der Waals surface area contributed by atoms with Crippen LogP contribution in [0.3, 0.4) is 0 Å². The van der Waals surface area contributed by atoms with Crippen molar-refractivity contribution in [1.82, 2.24) is 5.32 Å². The summed E-state index contributed by atoms with van der Waals surface area (Å²) >= 11 is 0. The Kier molecular flexibility index (Phi) is 2.86. The molecule has 1 aromatic rings. The first kappa shape index (κ1) is 12.3. The van der Waals surface area contributed by atoms with Gasteiger partial charge in [0.2, 0.25) is 6.79 Å². The van der Waals surface area contributed by atoms with Crippen molar-refractivity contribution in [2.75, 3.05) is 13.8 Å². The first-order chi connectivity index (χ1) is 9.11. The first-order valence-corrected chi connectivity index (χ1v) is 6.42.